The number of imidazole rings is 1. The molecule has 2 rings (SSSR count). The summed E-state index contributed by atoms with van der Waals surface area (Å²) in [6.45, 7) is 4.73. The molecule has 13 heavy (non-hydrogen) atoms. The van der Waals surface area contributed by atoms with Gasteiger partial charge in [0.1, 0.15) is 11.8 Å². The third kappa shape index (κ3) is 1.52. The number of aromatic nitrogens is 4. The van der Waals surface area contributed by atoms with Gasteiger partial charge in [-0.2, -0.15) is 0 Å². The highest BCUT2D eigenvalue weighted by atomic mass is 15.1. The third-order valence-electron chi connectivity index (χ3n) is 1.93. The predicted molar refractivity (Wildman–Crippen MR) is 49.9 cm³/mol. The largest absolute Gasteiger partial charge is 0.315 e. The molecule has 0 saturated carbocycles. The van der Waals surface area contributed by atoms with Gasteiger partial charge >= 0.3 is 0 Å². The Balaban J connectivity index is 2.35. The normalized spacial score (nSPS) is 10.8. The van der Waals surface area contributed by atoms with Gasteiger partial charge in [0.2, 0.25) is 0 Å². The highest BCUT2D eigenvalue weighted by Crippen LogP contribution is 2.07. The van der Waals surface area contributed by atoms with E-state index in [2.05, 4.69) is 21.9 Å². The Morgan fingerprint density at radius 1 is 1.38 bits per heavy atom. The molecule has 2 aromatic rings. The minimum atomic E-state index is 0.853. The molecule has 0 aliphatic heterocycles. The monoisotopic (exact) mass is 175 g/mol. The lowest BCUT2D eigenvalue weighted by Gasteiger charge is -1.99. The van der Waals surface area contributed by atoms with Gasteiger partial charge in [-0.1, -0.05) is 13.3 Å². The van der Waals surface area contributed by atoms with E-state index in [1.54, 1.807) is 18.9 Å². The first-order valence-corrected chi connectivity index (χ1v) is 4.32. The number of rotatable bonds is 3. The van der Waals surface area contributed by atoms with Crippen molar-refractivity contribution in [2.75, 3.05) is 0 Å². The zero-order valence-corrected chi connectivity index (χ0v) is 7.35. The maximum Gasteiger partial charge on any atom is 0.163 e. The minimum Gasteiger partial charge on any atom is -0.315 e. The van der Waals surface area contributed by atoms with Gasteiger partial charge in [-0.15, -0.1) is 0 Å². The van der Waals surface area contributed by atoms with Crippen LogP contribution in [0.2, 0.25) is 0 Å². The second-order valence-corrected chi connectivity index (χ2v) is 2.88. The molecule has 4 heteroatoms. The standard InChI is InChI=1S/C9H11N4/c1-2-3-4-13-7-12-8-5-10-6-11-9(8)13/h5-7H,1-4H2. The fourth-order valence-corrected chi connectivity index (χ4v) is 1.26. The van der Waals surface area contributed by atoms with Crippen molar-refractivity contribution in [3.05, 3.63) is 25.8 Å². The zero-order valence-electron chi connectivity index (χ0n) is 7.35. The predicted octanol–water partition coefficient (Wildman–Crippen LogP) is 1.44. The average Bonchev–Trinajstić information content (AvgIpc) is 2.58. The summed E-state index contributed by atoms with van der Waals surface area (Å²) in [5, 5.41) is 0. The summed E-state index contributed by atoms with van der Waals surface area (Å²) in [5.74, 6) is 0. The van der Waals surface area contributed by atoms with E-state index in [0.29, 0.717) is 0 Å². The van der Waals surface area contributed by atoms with E-state index in [-0.39, 0.29) is 0 Å². The van der Waals surface area contributed by atoms with Gasteiger partial charge < -0.3 is 4.57 Å². The quantitative estimate of drug-likeness (QED) is 0.709. The van der Waals surface area contributed by atoms with Crippen LogP contribution in [0, 0.1) is 6.92 Å². The van der Waals surface area contributed by atoms with Crippen molar-refractivity contribution in [1.82, 2.24) is 19.5 Å². The summed E-state index contributed by atoms with van der Waals surface area (Å²) < 4.78 is 2.03. The maximum atomic E-state index is 4.19. The van der Waals surface area contributed by atoms with Crippen LogP contribution in [0.4, 0.5) is 0 Å². The van der Waals surface area contributed by atoms with Gasteiger partial charge in [0.05, 0.1) is 12.5 Å². The highest BCUT2D eigenvalue weighted by molar-refractivity contribution is 5.68. The Hall–Kier alpha value is -1.45. The molecule has 4 nitrogen and oxygen atoms in total. The van der Waals surface area contributed by atoms with E-state index in [1.165, 1.54) is 0 Å². The van der Waals surface area contributed by atoms with Crippen molar-refractivity contribution < 1.29 is 0 Å². The summed E-state index contributed by atoms with van der Waals surface area (Å²) in [4.78, 5) is 12.3. The first-order valence-electron chi connectivity index (χ1n) is 4.32. The van der Waals surface area contributed by atoms with Crippen molar-refractivity contribution >= 4 is 11.2 Å². The molecule has 0 saturated heterocycles. The molecule has 1 radical (unpaired) electrons. The lowest BCUT2D eigenvalue weighted by Crippen LogP contribution is -1.96. The molecule has 0 N–H and O–H groups in total. The smallest absolute Gasteiger partial charge is 0.163 e. The second-order valence-electron chi connectivity index (χ2n) is 2.88. The minimum absolute atomic E-state index is 0.853. The lowest BCUT2D eigenvalue weighted by molar-refractivity contribution is 0.659. The SMILES string of the molecule is [CH2]CCCn1cnc2cncnc21. The Morgan fingerprint density at radius 2 is 2.31 bits per heavy atom. The van der Waals surface area contributed by atoms with Crippen LogP contribution < -0.4 is 0 Å². The van der Waals surface area contributed by atoms with Crippen LogP contribution in [0.3, 0.4) is 0 Å². The summed E-state index contributed by atoms with van der Waals surface area (Å²) in [7, 11) is 0. The Labute approximate surface area is 76.7 Å². The summed E-state index contributed by atoms with van der Waals surface area (Å²) in [5.41, 5.74) is 1.76. The van der Waals surface area contributed by atoms with E-state index in [9.17, 15) is 0 Å². The molecule has 67 valence electrons. The summed E-state index contributed by atoms with van der Waals surface area (Å²) in [6, 6.07) is 0. The van der Waals surface area contributed by atoms with E-state index < -0.39 is 0 Å². The number of nitrogens with zero attached hydrogens (tertiary/aromatic N) is 4. The molecule has 0 unspecified atom stereocenters. The Bertz CT molecular complexity index is 393. The molecular formula is C9H11N4. The van der Waals surface area contributed by atoms with E-state index >= 15 is 0 Å². The van der Waals surface area contributed by atoms with E-state index in [4.69, 9.17) is 0 Å². The molecule has 0 aromatic carbocycles. The van der Waals surface area contributed by atoms with Gasteiger partial charge in [-0.25, -0.2) is 15.0 Å². The first-order chi connectivity index (χ1) is 6.42. The third-order valence-corrected chi connectivity index (χ3v) is 1.93. The van der Waals surface area contributed by atoms with Gasteiger partial charge in [-0.3, -0.25) is 0 Å². The molecule has 2 heterocycles. The fraction of sp³-hybridized carbons (Fsp3) is 0.333. The number of aryl methyl sites for hydroxylation is 1. The summed E-state index contributed by atoms with van der Waals surface area (Å²) in [6.07, 6.45) is 7.06. The molecular weight excluding hydrogens is 164 g/mol. The van der Waals surface area contributed by atoms with Crippen LogP contribution in [0.15, 0.2) is 18.9 Å². The van der Waals surface area contributed by atoms with Crippen LogP contribution in [0.5, 0.6) is 0 Å². The summed E-state index contributed by atoms with van der Waals surface area (Å²) >= 11 is 0. The van der Waals surface area contributed by atoms with E-state index in [0.717, 1.165) is 30.6 Å². The first kappa shape index (κ1) is 8.16. The number of hydrogen-bond acceptors (Lipinski definition) is 3. The maximum absolute atomic E-state index is 4.19. The zero-order chi connectivity index (χ0) is 9.10. The molecule has 2 aromatic heterocycles. The molecule has 0 aliphatic carbocycles. The van der Waals surface area contributed by atoms with Crippen LogP contribution >= 0.6 is 0 Å². The van der Waals surface area contributed by atoms with Crippen LogP contribution in [0.1, 0.15) is 12.8 Å². The average molecular weight is 175 g/mol. The molecule has 0 spiro atoms. The number of hydrogen-bond donors (Lipinski definition) is 0. The van der Waals surface area contributed by atoms with Crippen molar-refractivity contribution in [3.8, 4) is 0 Å². The van der Waals surface area contributed by atoms with Gasteiger partial charge in [-0.05, 0) is 6.42 Å². The Kier molecular flexibility index (Phi) is 2.21. The Morgan fingerprint density at radius 3 is 3.15 bits per heavy atom. The van der Waals surface area contributed by atoms with E-state index in [1.807, 2.05) is 4.57 Å². The molecule has 0 fully saturated rings. The fourth-order valence-electron chi connectivity index (χ4n) is 1.26. The van der Waals surface area contributed by atoms with Gasteiger partial charge in [0, 0.05) is 6.54 Å². The van der Waals surface area contributed by atoms with Crippen molar-refractivity contribution in [2.24, 2.45) is 0 Å². The van der Waals surface area contributed by atoms with Crippen LogP contribution in [0.25, 0.3) is 11.2 Å². The number of fused-ring (bicyclic) bond motifs is 1. The van der Waals surface area contributed by atoms with Crippen molar-refractivity contribution in [2.45, 2.75) is 19.4 Å². The van der Waals surface area contributed by atoms with Gasteiger partial charge in [0.15, 0.2) is 5.65 Å². The molecule has 0 amide bonds. The molecule has 0 atom stereocenters. The second kappa shape index (κ2) is 3.51. The highest BCUT2D eigenvalue weighted by Gasteiger charge is 2.01. The number of unbranched alkanes of at least 4 members (excludes halogenated alkanes) is 1. The van der Waals surface area contributed by atoms with Crippen molar-refractivity contribution in [3.63, 3.8) is 0 Å². The molecule has 0 aliphatic rings. The van der Waals surface area contributed by atoms with Crippen LogP contribution in [-0.4, -0.2) is 19.5 Å². The lowest BCUT2D eigenvalue weighted by atomic mass is 10.3. The van der Waals surface area contributed by atoms with Crippen molar-refractivity contribution in [1.29, 1.82) is 0 Å². The molecule has 0 bridgehead atoms. The van der Waals surface area contributed by atoms with Gasteiger partial charge in [0.25, 0.3) is 0 Å². The topological polar surface area (TPSA) is 43.6 Å². The van der Waals surface area contributed by atoms with Crippen LogP contribution in [-0.2, 0) is 6.54 Å².